The first-order chi connectivity index (χ1) is 9.58. The fourth-order valence-corrected chi connectivity index (χ4v) is 2.41. The van der Waals surface area contributed by atoms with Crippen molar-refractivity contribution in [3.8, 4) is 0 Å². The van der Waals surface area contributed by atoms with Crippen molar-refractivity contribution in [3.05, 3.63) is 70.2 Å². The fraction of sp³-hybridized carbons (Fsp3) is 0.250. The maximum Gasteiger partial charge on any atom is 0.129 e. The number of benzene rings is 2. The summed E-state index contributed by atoms with van der Waals surface area (Å²) in [5.74, 6) is -1.30. The van der Waals surface area contributed by atoms with Crippen LogP contribution in [-0.4, -0.2) is 11.7 Å². The normalized spacial score (nSPS) is 12.4. The first kappa shape index (κ1) is 14.9. The van der Waals surface area contributed by atoms with Gasteiger partial charge in [-0.25, -0.2) is 8.78 Å². The van der Waals surface area contributed by atoms with Crippen LogP contribution in [0.2, 0.25) is 5.02 Å². The Hall–Kier alpha value is -1.45. The molecule has 1 unspecified atom stereocenters. The second kappa shape index (κ2) is 6.82. The minimum atomic E-state index is -0.596. The highest BCUT2D eigenvalue weighted by Gasteiger charge is 2.13. The monoisotopic (exact) mass is 296 g/mol. The Balaban J connectivity index is 2.09. The number of aliphatic hydroxyl groups is 1. The number of hydrogen-bond donors (Lipinski definition) is 1. The van der Waals surface area contributed by atoms with Gasteiger partial charge in [-0.3, -0.25) is 0 Å². The van der Waals surface area contributed by atoms with Crippen molar-refractivity contribution >= 4 is 11.6 Å². The van der Waals surface area contributed by atoms with Crippen LogP contribution in [0.15, 0.2) is 42.5 Å². The lowest BCUT2D eigenvalue weighted by atomic mass is 9.93. The van der Waals surface area contributed by atoms with E-state index in [0.717, 1.165) is 11.6 Å². The lowest BCUT2D eigenvalue weighted by Crippen LogP contribution is -2.14. The van der Waals surface area contributed by atoms with E-state index in [0.29, 0.717) is 23.4 Å². The van der Waals surface area contributed by atoms with Crippen LogP contribution in [0.1, 0.15) is 11.1 Å². The molecule has 0 fully saturated rings. The summed E-state index contributed by atoms with van der Waals surface area (Å²) in [5, 5.41) is 10.1. The molecule has 1 nitrogen and oxygen atoms in total. The molecule has 0 aliphatic heterocycles. The van der Waals surface area contributed by atoms with Crippen LogP contribution >= 0.6 is 11.6 Å². The molecular formula is C16H15ClF2O. The topological polar surface area (TPSA) is 20.2 Å². The fourth-order valence-electron chi connectivity index (χ4n) is 2.20. The van der Waals surface area contributed by atoms with Crippen LogP contribution in [0.25, 0.3) is 0 Å². The third-order valence-corrected chi connectivity index (χ3v) is 3.43. The smallest absolute Gasteiger partial charge is 0.129 e. The van der Waals surface area contributed by atoms with Crippen molar-refractivity contribution in [3.63, 3.8) is 0 Å². The summed E-state index contributed by atoms with van der Waals surface area (Å²) in [4.78, 5) is 0. The number of aliphatic hydroxyl groups excluding tert-OH is 1. The van der Waals surface area contributed by atoms with Gasteiger partial charge in [0, 0.05) is 17.7 Å². The molecule has 0 spiro atoms. The van der Waals surface area contributed by atoms with Gasteiger partial charge in [-0.1, -0.05) is 29.8 Å². The van der Waals surface area contributed by atoms with Crippen molar-refractivity contribution in [1.82, 2.24) is 0 Å². The average molecular weight is 297 g/mol. The molecule has 2 aromatic carbocycles. The minimum Gasteiger partial charge on any atom is -0.396 e. The maximum absolute atomic E-state index is 13.6. The van der Waals surface area contributed by atoms with Gasteiger partial charge in [0.05, 0.1) is 0 Å². The van der Waals surface area contributed by atoms with Gasteiger partial charge in [-0.15, -0.1) is 0 Å². The molecule has 20 heavy (non-hydrogen) atoms. The van der Waals surface area contributed by atoms with E-state index >= 15 is 0 Å². The van der Waals surface area contributed by atoms with Crippen LogP contribution in [0.4, 0.5) is 8.78 Å². The molecule has 0 amide bonds. The standard InChI is InChI=1S/C16H15ClF2O/c17-14-3-1-2-11(8-14)6-12(10-20)7-13-4-5-15(18)9-16(13)19/h1-5,8-9,12,20H,6-7,10H2. The van der Waals surface area contributed by atoms with E-state index in [-0.39, 0.29) is 12.5 Å². The van der Waals surface area contributed by atoms with Crippen molar-refractivity contribution in [2.24, 2.45) is 5.92 Å². The first-order valence-electron chi connectivity index (χ1n) is 6.37. The van der Waals surface area contributed by atoms with Gasteiger partial charge < -0.3 is 5.11 Å². The third kappa shape index (κ3) is 4.02. The first-order valence-corrected chi connectivity index (χ1v) is 6.75. The Morgan fingerprint density at radius 2 is 1.85 bits per heavy atom. The molecule has 0 heterocycles. The van der Waals surface area contributed by atoms with Crippen molar-refractivity contribution in [2.75, 3.05) is 6.61 Å². The molecule has 1 atom stereocenters. The molecule has 2 aromatic rings. The van der Waals surface area contributed by atoms with E-state index in [1.54, 1.807) is 6.07 Å². The van der Waals surface area contributed by atoms with Gasteiger partial charge in [0.1, 0.15) is 11.6 Å². The summed E-state index contributed by atoms with van der Waals surface area (Å²) < 4.78 is 26.5. The number of halogens is 3. The summed E-state index contributed by atoms with van der Waals surface area (Å²) in [7, 11) is 0. The molecular weight excluding hydrogens is 282 g/mol. The summed E-state index contributed by atoms with van der Waals surface area (Å²) >= 11 is 5.91. The third-order valence-electron chi connectivity index (χ3n) is 3.20. The van der Waals surface area contributed by atoms with Gasteiger partial charge in [0.25, 0.3) is 0 Å². The molecule has 0 radical (unpaired) electrons. The van der Waals surface area contributed by atoms with Crippen LogP contribution < -0.4 is 0 Å². The Kier molecular flexibility index (Phi) is 5.10. The Labute approximate surface area is 121 Å². The molecule has 0 aliphatic carbocycles. The van der Waals surface area contributed by atoms with Gasteiger partial charge in [-0.05, 0) is 48.1 Å². The van der Waals surface area contributed by atoms with Crippen LogP contribution in [0.3, 0.4) is 0 Å². The summed E-state index contributed by atoms with van der Waals surface area (Å²) in [6, 6.07) is 10.9. The predicted octanol–water partition coefficient (Wildman–Crippen LogP) is 4.01. The van der Waals surface area contributed by atoms with Crippen LogP contribution in [-0.2, 0) is 12.8 Å². The van der Waals surface area contributed by atoms with E-state index in [9.17, 15) is 13.9 Å². The lowest BCUT2D eigenvalue weighted by molar-refractivity contribution is 0.224. The minimum absolute atomic E-state index is 0.0661. The van der Waals surface area contributed by atoms with Gasteiger partial charge in [0.15, 0.2) is 0 Å². The van der Waals surface area contributed by atoms with Crippen LogP contribution in [0, 0.1) is 17.6 Å². The second-order valence-corrected chi connectivity index (χ2v) is 5.26. The van der Waals surface area contributed by atoms with Gasteiger partial charge in [-0.2, -0.15) is 0 Å². The van der Waals surface area contributed by atoms with Crippen molar-refractivity contribution in [2.45, 2.75) is 12.8 Å². The largest absolute Gasteiger partial charge is 0.396 e. The van der Waals surface area contributed by atoms with E-state index in [1.807, 2.05) is 18.2 Å². The molecule has 0 bridgehead atoms. The SMILES string of the molecule is OCC(Cc1cccc(Cl)c1)Cc1ccc(F)cc1F. The maximum atomic E-state index is 13.6. The molecule has 0 saturated carbocycles. The van der Waals surface area contributed by atoms with Crippen molar-refractivity contribution < 1.29 is 13.9 Å². The van der Waals surface area contributed by atoms with Gasteiger partial charge >= 0.3 is 0 Å². The Bertz CT molecular complexity index is 586. The average Bonchev–Trinajstić information content (AvgIpc) is 2.41. The molecule has 4 heteroatoms. The molecule has 106 valence electrons. The zero-order valence-electron chi connectivity index (χ0n) is 10.8. The number of rotatable bonds is 5. The highest BCUT2D eigenvalue weighted by molar-refractivity contribution is 6.30. The van der Waals surface area contributed by atoms with E-state index < -0.39 is 11.6 Å². The highest BCUT2D eigenvalue weighted by atomic mass is 35.5. The predicted molar refractivity (Wildman–Crippen MR) is 75.8 cm³/mol. The summed E-state index contributed by atoms with van der Waals surface area (Å²) in [6.45, 7) is -0.0661. The lowest BCUT2D eigenvalue weighted by Gasteiger charge is -2.15. The molecule has 2 rings (SSSR count). The number of hydrogen-bond acceptors (Lipinski definition) is 1. The quantitative estimate of drug-likeness (QED) is 0.884. The van der Waals surface area contributed by atoms with E-state index in [1.165, 1.54) is 12.1 Å². The van der Waals surface area contributed by atoms with E-state index in [4.69, 9.17) is 11.6 Å². The van der Waals surface area contributed by atoms with E-state index in [2.05, 4.69) is 0 Å². The second-order valence-electron chi connectivity index (χ2n) is 4.82. The van der Waals surface area contributed by atoms with Crippen LogP contribution in [0.5, 0.6) is 0 Å². The summed E-state index contributed by atoms with van der Waals surface area (Å²) in [5.41, 5.74) is 1.39. The molecule has 1 N–H and O–H groups in total. The zero-order chi connectivity index (χ0) is 14.5. The molecule has 0 aliphatic rings. The van der Waals surface area contributed by atoms with Gasteiger partial charge in [0.2, 0.25) is 0 Å². The molecule has 0 aromatic heterocycles. The Morgan fingerprint density at radius 1 is 1.05 bits per heavy atom. The van der Waals surface area contributed by atoms with Crippen molar-refractivity contribution in [1.29, 1.82) is 0 Å². The zero-order valence-corrected chi connectivity index (χ0v) is 11.6. The Morgan fingerprint density at radius 3 is 2.50 bits per heavy atom. The summed E-state index contributed by atoms with van der Waals surface area (Å²) in [6.07, 6.45) is 0.947. The highest BCUT2D eigenvalue weighted by Crippen LogP contribution is 2.19. The molecule has 0 saturated heterocycles.